The number of likely N-dealkylation sites (tertiary alicyclic amines) is 1. The van der Waals surface area contributed by atoms with Crippen LogP contribution in [0.2, 0.25) is 0 Å². The Kier molecular flexibility index (Phi) is 12.0. The minimum atomic E-state index is -1.11. The van der Waals surface area contributed by atoms with E-state index >= 15 is 0 Å². The van der Waals surface area contributed by atoms with Crippen molar-refractivity contribution in [1.29, 1.82) is 0 Å². The van der Waals surface area contributed by atoms with Gasteiger partial charge in [0.05, 0.1) is 12.4 Å². The number of thioether (sulfide) groups is 1. The fourth-order valence-electron chi connectivity index (χ4n) is 4.00. The molecule has 0 saturated carbocycles. The highest BCUT2D eigenvalue weighted by molar-refractivity contribution is 7.98. The second-order valence-corrected chi connectivity index (χ2v) is 9.59. The number of imidazole rings is 1. The van der Waals surface area contributed by atoms with Crippen molar-refractivity contribution in [3.63, 3.8) is 0 Å². The minimum absolute atomic E-state index is 0.149. The third-order valence-electron chi connectivity index (χ3n) is 5.96. The average Bonchev–Trinajstić information content (AvgIpc) is 3.52. The zero-order chi connectivity index (χ0) is 25.8. The lowest BCUT2D eigenvalue weighted by Gasteiger charge is -2.30. The number of nitrogens with zero attached hydrogens (tertiary/aromatic N) is 2. The number of rotatable bonds is 15. The van der Waals surface area contributed by atoms with Gasteiger partial charge in [0.1, 0.15) is 18.1 Å². The number of carbonyl (C=O) groups excluding carboxylic acids is 3. The molecular formula is C22H37N7O5S. The van der Waals surface area contributed by atoms with Crippen LogP contribution >= 0.6 is 11.8 Å². The number of carboxylic acid groups (broad SMARTS) is 1. The van der Waals surface area contributed by atoms with E-state index in [4.69, 9.17) is 11.5 Å². The van der Waals surface area contributed by atoms with E-state index in [1.54, 1.807) is 6.20 Å². The lowest BCUT2D eigenvalue weighted by atomic mass is 10.1. The third kappa shape index (κ3) is 8.82. The monoisotopic (exact) mass is 511 g/mol. The van der Waals surface area contributed by atoms with Crippen molar-refractivity contribution >= 4 is 35.5 Å². The summed E-state index contributed by atoms with van der Waals surface area (Å²) in [4.78, 5) is 59.0. The summed E-state index contributed by atoms with van der Waals surface area (Å²) in [5.41, 5.74) is 12.2. The summed E-state index contributed by atoms with van der Waals surface area (Å²) in [5.74, 6) is -1.92. The van der Waals surface area contributed by atoms with Crippen LogP contribution in [0.5, 0.6) is 0 Å². The van der Waals surface area contributed by atoms with E-state index in [0.29, 0.717) is 50.2 Å². The molecule has 1 saturated heterocycles. The van der Waals surface area contributed by atoms with Gasteiger partial charge in [-0.3, -0.25) is 14.4 Å². The van der Waals surface area contributed by atoms with Crippen LogP contribution in [-0.4, -0.2) is 92.9 Å². The van der Waals surface area contributed by atoms with Gasteiger partial charge in [-0.2, -0.15) is 11.8 Å². The summed E-state index contributed by atoms with van der Waals surface area (Å²) in [6, 6.07) is -3.58. The Labute approximate surface area is 209 Å². The van der Waals surface area contributed by atoms with Crippen LogP contribution in [-0.2, 0) is 25.6 Å². The van der Waals surface area contributed by atoms with Gasteiger partial charge in [0.2, 0.25) is 17.7 Å². The molecule has 35 heavy (non-hydrogen) atoms. The molecule has 1 aliphatic rings. The van der Waals surface area contributed by atoms with E-state index in [9.17, 15) is 24.3 Å². The molecule has 8 N–H and O–H groups in total. The number of aromatic amines is 1. The first-order chi connectivity index (χ1) is 16.8. The maximum absolute atomic E-state index is 13.5. The lowest BCUT2D eigenvalue weighted by Crippen LogP contribution is -2.57. The fraction of sp³-hybridized carbons (Fsp3) is 0.682. The molecule has 1 aromatic rings. The largest absolute Gasteiger partial charge is 0.480 e. The van der Waals surface area contributed by atoms with E-state index < -0.39 is 47.9 Å². The van der Waals surface area contributed by atoms with Gasteiger partial charge in [-0.05, 0) is 50.7 Å². The summed E-state index contributed by atoms with van der Waals surface area (Å²) >= 11 is 1.49. The van der Waals surface area contributed by atoms with Gasteiger partial charge < -0.3 is 37.1 Å². The van der Waals surface area contributed by atoms with Gasteiger partial charge >= 0.3 is 5.97 Å². The highest BCUT2D eigenvalue weighted by Crippen LogP contribution is 2.20. The Balaban J connectivity index is 2.12. The van der Waals surface area contributed by atoms with E-state index in [1.165, 1.54) is 23.0 Å². The Morgan fingerprint density at radius 1 is 1.26 bits per heavy atom. The van der Waals surface area contributed by atoms with Crippen LogP contribution in [0.25, 0.3) is 0 Å². The topological polar surface area (TPSA) is 197 Å². The van der Waals surface area contributed by atoms with Crippen molar-refractivity contribution in [2.24, 2.45) is 11.5 Å². The van der Waals surface area contributed by atoms with Crippen LogP contribution in [0, 0.1) is 0 Å². The Morgan fingerprint density at radius 2 is 2.03 bits per heavy atom. The maximum Gasteiger partial charge on any atom is 0.326 e. The molecule has 4 atom stereocenters. The molecule has 196 valence electrons. The molecule has 1 fully saturated rings. The minimum Gasteiger partial charge on any atom is -0.480 e. The molecule has 0 aliphatic carbocycles. The van der Waals surface area contributed by atoms with Crippen LogP contribution in [0.15, 0.2) is 12.5 Å². The predicted molar refractivity (Wildman–Crippen MR) is 132 cm³/mol. The number of unbranched alkanes of at least 4 members (excludes halogenated alkanes) is 1. The fourth-order valence-corrected chi connectivity index (χ4v) is 4.47. The molecule has 1 aromatic heterocycles. The maximum atomic E-state index is 13.5. The van der Waals surface area contributed by atoms with Crippen molar-refractivity contribution in [3.8, 4) is 0 Å². The van der Waals surface area contributed by atoms with Crippen LogP contribution in [0.1, 0.15) is 44.2 Å². The van der Waals surface area contributed by atoms with Gasteiger partial charge in [-0.1, -0.05) is 6.42 Å². The van der Waals surface area contributed by atoms with Crippen molar-refractivity contribution in [1.82, 2.24) is 25.5 Å². The first kappa shape index (κ1) is 28.6. The smallest absolute Gasteiger partial charge is 0.326 e. The molecule has 0 radical (unpaired) electrons. The number of nitrogens with two attached hydrogens (primary N) is 2. The highest BCUT2D eigenvalue weighted by atomic mass is 32.2. The van der Waals surface area contributed by atoms with Gasteiger partial charge in [0.25, 0.3) is 0 Å². The first-order valence-electron chi connectivity index (χ1n) is 11.8. The van der Waals surface area contributed by atoms with E-state index in [0.717, 1.165) is 6.42 Å². The highest BCUT2D eigenvalue weighted by Gasteiger charge is 2.39. The molecule has 4 unspecified atom stereocenters. The molecule has 3 amide bonds. The Bertz CT molecular complexity index is 838. The summed E-state index contributed by atoms with van der Waals surface area (Å²) < 4.78 is 0. The van der Waals surface area contributed by atoms with Crippen molar-refractivity contribution in [2.75, 3.05) is 25.1 Å². The number of aromatic nitrogens is 2. The van der Waals surface area contributed by atoms with E-state index in [-0.39, 0.29) is 12.8 Å². The number of H-pyrrole nitrogens is 1. The Morgan fingerprint density at radius 3 is 2.66 bits per heavy atom. The number of aliphatic carboxylic acids is 1. The first-order valence-corrected chi connectivity index (χ1v) is 13.2. The number of hydrogen-bond acceptors (Lipinski definition) is 8. The van der Waals surface area contributed by atoms with Crippen LogP contribution < -0.4 is 22.1 Å². The zero-order valence-electron chi connectivity index (χ0n) is 20.1. The number of hydrogen-bond donors (Lipinski definition) is 6. The molecular weight excluding hydrogens is 474 g/mol. The molecule has 0 bridgehead atoms. The van der Waals surface area contributed by atoms with Crippen molar-refractivity contribution in [3.05, 3.63) is 18.2 Å². The van der Waals surface area contributed by atoms with Crippen molar-refractivity contribution in [2.45, 2.75) is 69.1 Å². The zero-order valence-corrected chi connectivity index (χ0v) is 20.9. The van der Waals surface area contributed by atoms with Crippen molar-refractivity contribution < 1.29 is 24.3 Å². The Hall–Kier alpha value is -2.64. The summed E-state index contributed by atoms with van der Waals surface area (Å²) in [5, 5.41) is 14.8. The standard InChI is InChI=1S/C22H37N7O5S/c1-35-10-7-16(22(33)34)27-20(31)18-6-4-9-29(18)21(32)17(11-14-12-25-13-26-14)28-19(30)15(24)5-2-3-8-23/h12-13,15-18H,2-11,23-24H2,1H3,(H,25,26)(H,27,31)(H,28,30)(H,33,34). The number of amides is 3. The summed E-state index contributed by atoms with van der Waals surface area (Å²) in [6.45, 7) is 0.838. The van der Waals surface area contributed by atoms with Gasteiger partial charge in [0.15, 0.2) is 0 Å². The number of carbonyl (C=O) groups is 4. The van der Waals surface area contributed by atoms with E-state index in [2.05, 4.69) is 20.6 Å². The molecule has 0 aromatic carbocycles. The quantitative estimate of drug-likeness (QED) is 0.163. The molecule has 2 rings (SSSR count). The second kappa shape index (κ2) is 14.7. The predicted octanol–water partition coefficient (Wildman–Crippen LogP) is -0.793. The molecule has 1 aliphatic heterocycles. The number of nitrogens with one attached hydrogen (secondary N) is 3. The molecule has 13 heteroatoms. The van der Waals surface area contributed by atoms with E-state index in [1.807, 2.05) is 6.26 Å². The summed E-state index contributed by atoms with van der Waals surface area (Å²) in [7, 11) is 0. The molecule has 12 nitrogen and oxygen atoms in total. The van der Waals surface area contributed by atoms with Gasteiger partial charge in [0, 0.05) is 24.9 Å². The summed E-state index contributed by atoms with van der Waals surface area (Å²) in [6.07, 6.45) is 8.21. The molecule has 0 spiro atoms. The van der Waals surface area contributed by atoms with Gasteiger partial charge in [-0.15, -0.1) is 0 Å². The van der Waals surface area contributed by atoms with Crippen LogP contribution in [0.3, 0.4) is 0 Å². The molecule has 2 heterocycles. The second-order valence-electron chi connectivity index (χ2n) is 8.60. The number of carboxylic acids is 1. The SMILES string of the molecule is CSCCC(NC(=O)C1CCCN1C(=O)C(Cc1cnc[nH]1)NC(=O)C(N)CCCCN)C(=O)O. The lowest BCUT2D eigenvalue weighted by molar-refractivity contribution is -0.145. The van der Waals surface area contributed by atoms with Gasteiger partial charge in [-0.25, -0.2) is 9.78 Å². The normalized spacial score (nSPS) is 18.0. The third-order valence-corrected chi connectivity index (χ3v) is 6.61. The van der Waals surface area contributed by atoms with Crippen LogP contribution in [0.4, 0.5) is 0 Å². The average molecular weight is 512 g/mol.